The molecule has 2 N–H and O–H groups in total. The first-order valence-electron chi connectivity index (χ1n) is 9.97. The monoisotopic (exact) mass is 450 g/mol. The van der Waals surface area contributed by atoms with Crippen molar-refractivity contribution in [3.63, 3.8) is 0 Å². The van der Waals surface area contributed by atoms with E-state index in [1.165, 1.54) is 18.9 Å². The van der Waals surface area contributed by atoms with Gasteiger partial charge in [0.25, 0.3) is 11.5 Å². The second kappa shape index (κ2) is 9.65. The molecule has 0 aliphatic carbocycles. The van der Waals surface area contributed by atoms with Gasteiger partial charge in [0.05, 0.1) is 29.3 Å². The van der Waals surface area contributed by atoms with E-state index >= 15 is 0 Å². The van der Waals surface area contributed by atoms with Crippen molar-refractivity contribution in [3.05, 3.63) is 76.1 Å². The molecule has 0 fully saturated rings. The minimum Gasteiger partial charge on any atom is -0.496 e. The van der Waals surface area contributed by atoms with Crippen LogP contribution < -0.4 is 15.6 Å². The maximum atomic E-state index is 12.4. The van der Waals surface area contributed by atoms with Crippen LogP contribution in [0.5, 0.6) is 5.75 Å². The van der Waals surface area contributed by atoms with Gasteiger partial charge in [-0.25, -0.2) is 4.98 Å². The van der Waals surface area contributed by atoms with Gasteiger partial charge >= 0.3 is 0 Å². The number of carbonyl (C=O) groups excluding carboxylic acids is 1. The molecule has 0 atom stereocenters. The van der Waals surface area contributed by atoms with E-state index in [9.17, 15) is 9.59 Å². The van der Waals surface area contributed by atoms with Crippen molar-refractivity contribution in [2.24, 2.45) is 7.05 Å². The first kappa shape index (κ1) is 21.6. The van der Waals surface area contributed by atoms with E-state index in [-0.39, 0.29) is 11.5 Å². The lowest BCUT2D eigenvalue weighted by atomic mass is 10.2. The van der Waals surface area contributed by atoms with Gasteiger partial charge in [-0.2, -0.15) is 0 Å². The van der Waals surface area contributed by atoms with Crippen molar-refractivity contribution >= 4 is 28.6 Å². The van der Waals surface area contributed by atoms with Gasteiger partial charge in [-0.3, -0.25) is 9.59 Å². The van der Waals surface area contributed by atoms with Crippen LogP contribution >= 0.6 is 11.8 Å². The number of H-pyrrole nitrogens is 1. The molecule has 2 aromatic heterocycles. The van der Waals surface area contributed by atoms with E-state index in [4.69, 9.17) is 4.74 Å². The van der Waals surface area contributed by atoms with Crippen LogP contribution in [0.2, 0.25) is 0 Å². The highest BCUT2D eigenvalue weighted by molar-refractivity contribution is 7.98. The lowest BCUT2D eigenvalue weighted by molar-refractivity contribution is 0.0951. The number of carbonyl (C=O) groups is 1. The fraction of sp³-hybridized carbons (Fsp3) is 0.227. The number of hydrogen-bond acceptors (Lipinski definition) is 7. The summed E-state index contributed by atoms with van der Waals surface area (Å²) in [6, 6.07) is 14.3. The molecule has 1 amide bonds. The molecule has 10 heteroatoms. The van der Waals surface area contributed by atoms with Gasteiger partial charge in [0, 0.05) is 20.0 Å². The van der Waals surface area contributed by atoms with E-state index in [2.05, 4.69) is 25.5 Å². The molecule has 0 bridgehead atoms. The maximum absolute atomic E-state index is 12.4. The Labute approximate surface area is 188 Å². The Morgan fingerprint density at radius 2 is 1.94 bits per heavy atom. The third-order valence-electron chi connectivity index (χ3n) is 4.91. The Balaban J connectivity index is 1.35. The normalized spacial score (nSPS) is 10.9. The Morgan fingerprint density at radius 1 is 1.16 bits per heavy atom. The number of benzene rings is 2. The number of aromatic nitrogens is 5. The van der Waals surface area contributed by atoms with Crippen molar-refractivity contribution in [2.75, 3.05) is 13.7 Å². The fourth-order valence-electron chi connectivity index (χ4n) is 3.24. The standard InChI is InChI=1S/C22H22N6O3S/c1-28-19(11-12-23-20(29)15-8-4-6-10-17(15)31-2)26-27-22(28)32-13-18-24-16-9-5-3-7-14(16)21(30)25-18/h3-10H,11-13H2,1-2H3,(H,23,29)(H,24,25,30). The van der Waals surface area contributed by atoms with Gasteiger partial charge in [-0.15, -0.1) is 10.2 Å². The highest BCUT2D eigenvalue weighted by Gasteiger charge is 2.13. The molecular weight excluding hydrogens is 428 g/mol. The molecule has 4 rings (SSSR count). The summed E-state index contributed by atoms with van der Waals surface area (Å²) in [5, 5.41) is 12.6. The molecule has 0 spiro atoms. The van der Waals surface area contributed by atoms with Crippen LogP contribution in [0.4, 0.5) is 0 Å². The topological polar surface area (TPSA) is 115 Å². The van der Waals surface area contributed by atoms with Crippen molar-refractivity contribution in [1.29, 1.82) is 0 Å². The van der Waals surface area contributed by atoms with Crippen LogP contribution in [0, 0.1) is 0 Å². The van der Waals surface area contributed by atoms with Crippen molar-refractivity contribution < 1.29 is 9.53 Å². The largest absolute Gasteiger partial charge is 0.496 e. The van der Waals surface area contributed by atoms with Crippen LogP contribution in [-0.4, -0.2) is 44.3 Å². The summed E-state index contributed by atoms with van der Waals surface area (Å²) in [5.41, 5.74) is 0.994. The summed E-state index contributed by atoms with van der Waals surface area (Å²) in [6.45, 7) is 0.410. The SMILES string of the molecule is COc1ccccc1C(=O)NCCc1nnc(SCc2nc3ccccc3c(=O)[nH]2)n1C. The molecule has 0 saturated heterocycles. The summed E-state index contributed by atoms with van der Waals surface area (Å²) in [6.07, 6.45) is 0.524. The number of fused-ring (bicyclic) bond motifs is 1. The number of rotatable bonds is 8. The summed E-state index contributed by atoms with van der Waals surface area (Å²) in [5.74, 6) is 2.10. The number of aromatic amines is 1. The molecule has 9 nitrogen and oxygen atoms in total. The van der Waals surface area contributed by atoms with E-state index in [0.717, 1.165) is 5.82 Å². The van der Waals surface area contributed by atoms with Crippen LogP contribution in [0.1, 0.15) is 22.0 Å². The molecule has 0 unspecified atom stereocenters. The maximum Gasteiger partial charge on any atom is 0.258 e. The molecule has 0 aliphatic heterocycles. The number of nitrogens with one attached hydrogen (secondary N) is 2. The Morgan fingerprint density at radius 3 is 2.78 bits per heavy atom. The number of methoxy groups -OCH3 is 1. The zero-order valence-electron chi connectivity index (χ0n) is 17.7. The number of thioether (sulfide) groups is 1. The molecule has 0 radical (unpaired) electrons. The van der Waals surface area contributed by atoms with E-state index in [1.807, 2.05) is 35.9 Å². The predicted octanol–water partition coefficient (Wildman–Crippen LogP) is 2.33. The highest BCUT2D eigenvalue weighted by Crippen LogP contribution is 2.20. The minimum absolute atomic E-state index is 0.157. The Kier molecular flexibility index (Phi) is 6.50. The zero-order chi connectivity index (χ0) is 22.5. The number of para-hydroxylation sites is 2. The second-order valence-electron chi connectivity index (χ2n) is 6.98. The molecule has 0 aliphatic rings. The van der Waals surface area contributed by atoms with Gasteiger partial charge in [0.2, 0.25) is 0 Å². The summed E-state index contributed by atoms with van der Waals surface area (Å²) < 4.78 is 7.10. The van der Waals surface area contributed by atoms with Gasteiger partial charge in [-0.05, 0) is 24.3 Å². The third kappa shape index (κ3) is 4.65. The number of ether oxygens (including phenoxy) is 1. The average molecular weight is 451 g/mol. The second-order valence-corrected chi connectivity index (χ2v) is 7.92. The van der Waals surface area contributed by atoms with E-state index in [0.29, 0.717) is 51.9 Å². The Bertz CT molecular complexity index is 1320. The van der Waals surface area contributed by atoms with E-state index in [1.54, 1.807) is 24.3 Å². The number of amides is 1. The molecule has 164 valence electrons. The van der Waals surface area contributed by atoms with Gasteiger partial charge in [0.15, 0.2) is 5.16 Å². The molecular formula is C22H22N6O3S. The molecule has 4 aromatic rings. The minimum atomic E-state index is -0.203. The first-order chi connectivity index (χ1) is 15.6. The zero-order valence-corrected chi connectivity index (χ0v) is 18.5. The Hall–Kier alpha value is -3.66. The number of hydrogen-bond donors (Lipinski definition) is 2. The number of nitrogens with zero attached hydrogens (tertiary/aromatic N) is 4. The fourth-order valence-corrected chi connectivity index (χ4v) is 4.04. The van der Waals surface area contributed by atoms with Gasteiger partial charge < -0.3 is 19.6 Å². The van der Waals surface area contributed by atoms with E-state index < -0.39 is 0 Å². The van der Waals surface area contributed by atoms with Crippen molar-refractivity contribution in [2.45, 2.75) is 17.3 Å². The van der Waals surface area contributed by atoms with Crippen LogP contribution in [0.3, 0.4) is 0 Å². The molecule has 0 saturated carbocycles. The lowest BCUT2D eigenvalue weighted by Crippen LogP contribution is -2.26. The summed E-state index contributed by atoms with van der Waals surface area (Å²) in [4.78, 5) is 32.0. The van der Waals surface area contributed by atoms with Crippen molar-refractivity contribution in [3.8, 4) is 5.75 Å². The third-order valence-corrected chi connectivity index (χ3v) is 5.94. The predicted molar refractivity (Wildman–Crippen MR) is 122 cm³/mol. The lowest BCUT2D eigenvalue weighted by Gasteiger charge is -2.09. The summed E-state index contributed by atoms with van der Waals surface area (Å²) >= 11 is 1.43. The van der Waals surface area contributed by atoms with Gasteiger partial charge in [0.1, 0.15) is 17.4 Å². The smallest absolute Gasteiger partial charge is 0.258 e. The quantitative estimate of drug-likeness (QED) is 0.396. The summed E-state index contributed by atoms with van der Waals surface area (Å²) in [7, 11) is 3.41. The van der Waals surface area contributed by atoms with Crippen LogP contribution in [-0.2, 0) is 19.2 Å². The first-order valence-corrected chi connectivity index (χ1v) is 11.0. The molecule has 2 heterocycles. The van der Waals surface area contributed by atoms with Crippen LogP contribution in [0.15, 0.2) is 58.5 Å². The molecule has 2 aromatic carbocycles. The van der Waals surface area contributed by atoms with Crippen LogP contribution in [0.25, 0.3) is 10.9 Å². The van der Waals surface area contributed by atoms with Gasteiger partial charge in [-0.1, -0.05) is 36.0 Å². The van der Waals surface area contributed by atoms with Crippen molar-refractivity contribution in [1.82, 2.24) is 30.0 Å². The average Bonchev–Trinajstić information content (AvgIpc) is 3.17. The molecule has 32 heavy (non-hydrogen) atoms. The highest BCUT2D eigenvalue weighted by atomic mass is 32.2.